The standard InChI is InChI=1S/C15H18N2O5/c18-13(10-16-8-9-22-17(19)20)11-21-15-7-3-5-12-4-1-2-6-14(12)15/h1-7,13,16,18H,8-11H2. The van der Waals surface area contributed by atoms with E-state index in [9.17, 15) is 15.2 Å². The number of ether oxygens (including phenoxy) is 1. The van der Waals surface area contributed by atoms with E-state index in [0.29, 0.717) is 5.75 Å². The Hall–Kier alpha value is -2.38. The Morgan fingerprint density at radius 1 is 1.23 bits per heavy atom. The Bertz CT molecular complexity index is 614. The number of rotatable bonds is 9. The largest absolute Gasteiger partial charge is 0.490 e. The molecule has 0 radical (unpaired) electrons. The van der Waals surface area contributed by atoms with E-state index in [0.717, 1.165) is 10.8 Å². The van der Waals surface area contributed by atoms with E-state index in [1.807, 2.05) is 42.5 Å². The van der Waals surface area contributed by atoms with Crippen molar-refractivity contribution in [1.82, 2.24) is 5.32 Å². The summed E-state index contributed by atoms with van der Waals surface area (Å²) in [4.78, 5) is 14.1. The molecule has 7 heteroatoms. The molecule has 0 bridgehead atoms. The second-order valence-electron chi connectivity index (χ2n) is 4.70. The maximum atomic E-state index is 9.95. The van der Waals surface area contributed by atoms with Crippen molar-refractivity contribution in [3.8, 4) is 5.75 Å². The molecule has 2 N–H and O–H groups in total. The van der Waals surface area contributed by atoms with Crippen LogP contribution in [0.15, 0.2) is 42.5 Å². The van der Waals surface area contributed by atoms with Gasteiger partial charge in [0, 0.05) is 18.5 Å². The van der Waals surface area contributed by atoms with E-state index >= 15 is 0 Å². The maximum Gasteiger partial charge on any atom is 0.294 e. The van der Waals surface area contributed by atoms with Gasteiger partial charge in [0.15, 0.2) is 0 Å². The minimum absolute atomic E-state index is 0.0517. The molecule has 0 aliphatic heterocycles. The van der Waals surface area contributed by atoms with Crippen LogP contribution in [0.1, 0.15) is 0 Å². The molecule has 0 spiro atoms. The zero-order chi connectivity index (χ0) is 15.8. The number of fused-ring (bicyclic) bond motifs is 1. The molecular weight excluding hydrogens is 288 g/mol. The van der Waals surface area contributed by atoms with Crippen molar-refractivity contribution >= 4 is 10.8 Å². The third kappa shape index (κ3) is 4.87. The van der Waals surface area contributed by atoms with Crippen LogP contribution < -0.4 is 10.1 Å². The summed E-state index contributed by atoms with van der Waals surface area (Å²) in [6, 6.07) is 13.6. The summed E-state index contributed by atoms with van der Waals surface area (Å²) in [5, 5.41) is 23.9. The summed E-state index contributed by atoms with van der Waals surface area (Å²) in [7, 11) is 0. The van der Waals surface area contributed by atoms with Gasteiger partial charge in [0.05, 0.1) is 0 Å². The molecule has 0 aromatic heterocycles. The van der Waals surface area contributed by atoms with Crippen molar-refractivity contribution < 1.29 is 19.8 Å². The number of nitrogens with zero attached hydrogens (tertiary/aromatic N) is 1. The number of hydrogen-bond donors (Lipinski definition) is 2. The van der Waals surface area contributed by atoms with Crippen molar-refractivity contribution in [3.05, 3.63) is 52.6 Å². The maximum absolute atomic E-state index is 9.95. The van der Waals surface area contributed by atoms with E-state index in [4.69, 9.17) is 4.74 Å². The van der Waals surface area contributed by atoms with Crippen molar-refractivity contribution in [2.75, 3.05) is 26.3 Å². The van der Waals surface area contributed by atoms with E-state index < -0.39 is 11.2 Å². The highest BCUT2D eigenvalue weighted by Crippen LogP contribution is 2.25. The number of hydrogen-bond acceptors (Lipinski definition) is 6. The Morgan fingerprint density at radius 2 is 2.00 bits per heavy atom. The Kier molecular flexibility index (Phi) is 5.93. The van der Waals surface area contributed by atoms with Gasteiger partial charge < -0.3 is 20.0 Å². The van der Waals surface area contributed by atoms with Crippen LogP contribution in [-0.4, -0.2) is 42.6 Å². The lowest BCUT2D eigenvalue weighted by Crippen LogP contribution is -2.33. The molecule has 0 aliphatic rings. The smallest absolute Gasteiger partial charge is 0.294 e. The predicted molar refractivity (Wildman–Crippen MR) is 81.3 cm³/mol. The Morgan fingerprint density at radius 3 is 2.82 bits per heavy atom. The first-order valence-corrected chi connectivity index (χ1v) is 6.93. The first-order chi connectivity index (χ1) is 10.7. The Labute approximate surface area is 127 Å². The van der Waals surface area contributed by atoms with E-state index in [1.165, 1.54) is 0 Å². The fourth-order valence-corrected chi connectivity index (χ4v) is 2.03. The quantitative estimate of drug-likeness (QED) is 0.413. The number of nitrogens with one attached hydrogen (secondary N) is 1. The second kappa shape index (κ2) is 8.16. The summed E-state index contributed by atoms with van der Waals surface area (Å²) < 4.78 is 5.65. The summed E-state index contributed by atoms with van der Waals surface area (Å²) in [5.74, 6) is 0.717. The van der Waals surface area contributed by atoms with Crippen molar-refractivity contribution in [2.45, 2.75) is 6.10 Å². The van der Waals surface area contributed by atoms with Gasteiger partial charge in [-0.2, -0.15) is 0 Å². The molecule has 7 nitrogen and oxygen atoms in total. The minimum atomic E-state index is -0.846. The summed E-state index contributed by atoms with van der Waals surface area (Å²) in [6.45, 7) is 0.638. The normalized spacial score (nSPS) is 12.0. The molecule has 22 heavy (non-hydrogen) atoms. The molecule has 0 saturated heterocycles. The van der Waals surface area contributed by atoms with Gasteiger partial charge in [0.2, 0.25) is 0 Å². The van der Waals surface area contributed by atoms with Gasteiger partial charge in [-0.25, -0.2) is 0 Å². The molecule has 2 aromatic rings. The first kappa shape index (κ1) is 16.0. The summed E-state index contributed by atoms with van der Waals surface area (Å²) in [5.41, 5.74) is 0. The molecule has 2 rings (SSSR count). The lowest BCUT2D eigenvalue weighted by molar-refractivity contribution is -0.757. The van der Waals surface area contributed by atoms with Gasteiger partial charge in [0.1, 0.15) is 25.1 Å². The van der Waals surface area contributed by atoms with Crippen LogP contribution in [0.25, 0.3) is 10.8 Å². The molecule has 0 aliphatic carbocycles. The Balaban J connectivity index is 1.76. The highest BCUT2D eigenvalue weighted by Gasteiger charge is 2.07. The monoisotopic (exact) mass is 306 g/mol. The van der Waals surface area contributed by atoms with Crippen molar-refractivity contribution in [2.24, 2.45) is 0 Å². The van der Waals surface area contributed by atoms with Crippen LogP contribution in [-0.2, 0) is 4.84 Å². The highest BCUT2D eigenvalue weighted by molar-refractivity contribution is 5.88. The number of aliphatic hydroxyl groups is 1. The lowest BCUT2D eigenvalue weighted by Gasteiger charge is -2.14. The van der Waals surface area contributed by atoms with Crippen LogP contribution >= 0.6 is 0 Å². The van der Waals surface area contributed by atoms with Gasteiger partial charge in [0.25, 0.3) is 5.09 Å². The molecule has 2 aromatic carbocycles. The van der Waals surface area contributed by atoms with Gasteiger partial charge in [-0.05, 0) is 11.5 Å². The molecule has 1 unspecified atom stereocenters. The van der Waals surface area contributed by atoms with Crippen LogP contribution in [0.5, 0.6) is 5.75 Å². The predicted octanol–water partition coefficient (Wildman–Crippen LogP) is 1.38. The van der Waals surface area contributed by atoms with Crippen LogP contribution in [0.3, 0.4) is 0 Å². The molecule has 0 amide bonds. The van der Waals surface area contributed by atoms with E-state index in [2.05, 4.69) is 10.2 Å². The SMILES string of the molecule is O=[N+]([O-])OCCNCC(O)COc1cccc2ccccc12. The minimum Gasteiger partial charge on any atom is -0.490 e. The second-order valence-corrected chi connectivity index (χ2v) is 4.70. The van der Waals surface area contributed by atoms with Gasteiger partial charge in [-0.1, -0.05) is 36.4 Å². The van der Waals surface area contributed by atoms with Crippen molar-refractivity contribution in [1.29, 1.82) is 0 Å². The zero-order valence-corrected chi connectivity index (χ0v) is 12.0. The average Bonchev–Trinajstić information content (AvgIpc) is 2.52. The molecule has 1 atom stereocenters. The molecule has 0 heterocycles. The van der Waals surface area contributed by atoms with Crippen LogP contribution in [0.2, 0.25) is 0 Å². The summed E-state index contributed by atoms with van der Waals surface area (Å²) in [6.07, 6.45) is -0.713. The van der Waals surface area contributed by atoms with E-state index in [1.54, 1.807) is 0 Å². The van der Waals surface area contributed by atoms with Gasteiger partial charge in [-0.15, -0.1) is 10.1 Å². The van der Waals surface area contributed by atoms with E-state index in [-0.39, 0.29) is 26.3 Å². The fourth-order valence-electron chi connectivity index (χ4n) is 2.03. The first-order valence-electron chi connectivity index (χ1n) is 6.93. The van der Waals surface area contributed by atoms with Crippen LogP contribution in [0, 0.1) is 10.1 Å². The third-order valence-electron chi connectivity index (χ3n) is 3.04. The zero-order valence-electron chi connectivity index (χ0n) is 12.0. The summed E-state index contributed by atoms with van der Waals surface area (Å²) >= 11 is 0. The number of aliphatic hydroxyl groups excluding tert-OH is 1. The van der Waals surface area contributed by atoms with Crippen LogP contribution in [0.4, 0.5) is 0 Å². The highest BCUT2D eigenvalue weighted by atomic mass is 16.9. The van der Waals surface area contributed by atoms with Gasteiger partial charge in [-0.3, -0.25) is 0 Å². The topological polar surface area (TPSA) is 93.9 Å². The van der Waals surface area contributed by atoms with Crippen molar-refractivity contribution in [3.63, 3.8) is 0 Å². The lowest BCUT2D eigenvalue weighted by atomic mass is 10.1. The molecule has 118 valence electrons. The molecule has 0 saturated carbocycles. The number of benzene rings is 2. The molecular formula is C15H18N2O5. The third-order valence-corrected chi connectivity index (χ3v) is 3.04. The fraction of sp³-hybridized carbons (Fsp3) is 0.333. The average molecular weight is 306 g/mol. The molecule has 0 fully saturated rings. The van der Waals surface area contributed by atoms with Gasteiger partial charge >= 0.3 is 0 Å².